The van der Waals surface area contributed by atoms with Gasteiger partial charge in [-0.2, -0.15) is 0 Å². The van der Waals surface area contributed by atoms with Crippen molar-refractivity contribution in [2.75, 3.05) is 5.73 Å². The predicted molar refractivity (Wildman–Crippen MR) is 70.3 cm³/mol. The van der Waals surface area contributed by atoms with Crippen LogP contribution in [-0.4, -0.2) is 5.78 Å². The van der Waals surface area contributed by atoms with Gasteiger partial charge in [0.25, 0.3) is 0 Å². The first-order valence-corrected chi connectivity index (χ1v) is 5.67. The Bertz CT molecular complexity index is 534. The summed E-state index contributed by atoms with van der Waals surface area (Å²) < 4.78 is 0. The molecule has 2 N–H and O–H groups in total. The van der Waals surface area contributed by atoms with Crippen molar-refractivity contribution in [3.05, 3.63) is 64.7 Å². The lowest BCUT2D eigenvalue weighted by Gasteiger charge is -2.04. The topological polar surface area (TPSA) is 43.1 Å². The molecule has 0 fully saturated rings. The maximum absolute atomic E-state index is 12.0. The summed E-state index contributed by atoms with van der Waals surface area (Å²) in [5, 5.41) is 0.622. The summed E-state index contributed by atoms with van der Waals surface area (Å²) in [4.78, 5) is 12.0. The Morgan fingerprint density at radius 1 is 1.06 bits per heavy atom. The molecule has 0 aliphatic rings. The highest BCUT2D eigenvalue weighted by atomic mass is 35.5. The minimum absolute atomic E-state index is 0.0399. The smallest absolute Gasteiger partial charge is 0.167 e. The third-order valence-corrected chi connectivity index (χ3v) is 2.91. The van der Waals surface area contributed by atoms with E-state index in [-0.39, 0.29) is 5.78 Å². The van der Waals surface area contributed by atoms with Gasteiger partial charge in [0.2, 0.25) is 0 Å². The van der Waals surface area contributed by atoms with Crippen LogP contribution in [0.5, 0.6) is 0 Å². The number of anilines is 1. The molecule has 86 valence electrons. The summed E-state index contributed by atoms with van der Waals surface area (Å²) in [5.74, 6) is 0.0399. The quantitative estimate of drug-likeness (QED) is 0.666. The summed E-state index contributed by atoms with van der Waals surface area (Å²) in [6.07, 6.45) is 0.309. The molecule has 0 bridgehead atoms. The molecule has 0 spiro atoms. The van der Waals surface area contributed by atoms with Gasteiger partial charge in [-0.25, -0.2) is 0 Å². The molecule has 0 heterocycles. The third kappa shape index (κ3) is 2.86. The number of nitrogens with two attached hydrogens (primary N) is 1. The van der Waals surface area contributed by atoms with E-state index in [2.05, 4.69) is 0 Å². The summed E-state index contributed by atoms with van der Waals surface area (Å²) in [7, 11) is 0. The van der Waals surface area contributed by atoms with Crippen LogP contribution >= 0.6 is 11.6 Å². The highest BCUT2D eigenvalue weighted by Crippen LogP contribution is 2.17. The normalized spacial score (nSPS) is 10.2. The van der Waals surface area contributed by atoms with E-state index in [0.717, 1.165) is 5.56 Å². The van der Waals surface area contributed by atoms with Gasteiger partial charge in [0, 0.05) is 22.7 Å². The average Bonchev–Trinajstić information content (AvgIpc) is 2.33. The Morgan fingerprint density at radius 2 is 1.71 bits per heavy atom. The zero-order chi connectivity index (χ0) is 12.3. The molecule has 0 radical (unpaired) electrons. The molecular weight excluding hydrogens is 234 g/mol. The largest absolute Gasteiger partial charge is 0.399 e. The van der Waals surface area contributed by atoms with Crippen molar-refractivity contribution in [1.82, 2.24) is 0 Å². The number of Topliss-reactive ketones (excluding diaryl/α,β-unsaturated/α-hetero) is 1. The number of carbonyl (C=O) groups excluding carboxylic acids is 1. The van der Waals surface area contributed by atoms with Crippen LogP contribution in [0, 0.1) is 0 Å². The zero-order valence-corrected chi connectivity index (χ0v) is 9.95. The molecule has 0 atom stereocenters. The Kier molecular flexibility index (Phi) is 3.45. The number of carbonyl (C=O) groups is 1. The van der Waals surface area contributed by atoms with E-state index < -0.39 is 0 Å². The predicted octanol–water partition coefficient (Wildman–Crippen LogP) is 3.35. The van der Waals surface area contributed by atoms with Crippen molar-refractivity contribution in [3.8, 4) is 0 Å². The number of benzene rings is 2. The first kappa shape index (κ1) is 11.7. The van der Waals surface area contributed by atoms with Crippen molar-refractivity contribution < 1.29 is 4.79 Å². The van der Waals surface area contributed by atoms with Crippen LogP contribution < -0.4 is 5.73 Å². The maximum Gasteiger partial charge on any atom is 0.167 e. The van der Waals surface area contributed by atoms with Crippen molar-refractivity contribution >= 4 is 23.1 Å². The highest BCUT2D eigenvalue weighted by Gasteiger charge is 2.08. The minimum atomic E-state index is 0.0399. The molecule has 0 aliphatic heterocycles. The summed E-state index contributed by atoms with van der Waals surface area (Å²) in [6, 6.07) is 14.3. The number of halogens is 1. The Labute approximate surface area is 105 Å². The summed E-state index contributed by atoms with van der Waals surface area (Å²) in [5.41, 5.74) is 7.72. The van der Waals surface area contributed by atoms with Gasteiger partial charge in [-0.15, -0.1) is 0 Å². The Balaban J connectivity index is 2.17. The number of nitrogen functional groups attached to an aromatic ring is 1. The van der Waals surface area contributed by atoms with Crippen molar-refractivity contribution in [1.29, 1.82) is 0 Å². The van der Waals surface area contributed by atoms with Crippen LogP contribution in [0.1, 0.15) is 15.9 Å². The molecule has 0 amide bonds. The molecule has 2 nitrogen and oxygen atoms in total. The summed E-state index contributed by atoms with van der Waals surface area (Å²) in [6.45, 7) is 0. The van der Waals surface area contributed by atoms with Crippen LogP contribution in [0.25, 0.3) is 0 Å². The molecule has 2 aromatic carbocycles. The Hall–Kier alpha value is -1.80. The van der Waals surface area contributed by atoms with Crippen LogP contribution in [0.4, 0.5) is 5.69 Å². The molecule has 0 unspecified atom stereocenters. The number of hydrogen-bond donors (Lipinski definition) is 1. The molecule has 0 aromatic heterocycles. The second-order valence-corrected chi connectivity index (χ2v) is 4.22. The number of ketones is 1. The lowest BCUT2D eigenvalue weighted by Crippen LogP contribution is -2.04. The molecule has 3 heteroatoms. The van der Waals surface area contributed by atoms with Crippen molar-refractivity contribution in [2.24, 2.45) is 0 Å². The zero-order valence-electron chi connectivity index (χ0n) is 9.19. The van der Waals surface area contributed by atoms with E-state index in [9.17, 15) is 4.79 Å². The highest BCUT2D eigenvalue weighted by molar-refractivity contribution is 6.31. The van der Waals surface area contributed by atoms with E-state index in [4.69, 9.17) is 17.3 Å². The van der Waals surface area contributed by atoms with Crippen LogP contribution in [0.3, 0.4) is 0 Å². The molecule has 0 saturated heterocycles. The fraction of sp³-hybridized carbons (Fsp3) is 0.0714. The third-order valence-electron chi connectivity index (χ3n) is 2.54. The summed E-state index contributed by atoms with van der Waals surface area (Å²) >= 11 is 6.01. The monoisotopic (exact) mass is 245 g/mol. The Morgan fingerprint density at radius 3 is 2.35 bits per heavy atom. The molecule has 2 rings (SSSR count). The van der Waals surface area contributed by atoms with E-state index in [0.29, 0.717) is 22.7 Å². The lowest BCUT2D eigenvalue weighted by atomic mass is 10.0. The van der Waals surface area contributed by atoms with Crippen molar-refractivity contribution in [3.63, 3.8) is 0 Å². The maximum atomic E-state index is 12.0. The fourth-order valence-electron chi connectivity index (χ4n) is 1.59. The molecular formula is C14H12ClNO. The van der Waals surface area contributed by atoms with Gasteiger partial charge in [-0.1, -0.05) is 29.8 Å². The lowest BCUT2D eigenvalue weighted by molar-refractivity contribution is 0.0993. The second kappa shape index (κ2) is 5.02. The number of rotatable bonds is 3. The van der Waals surface area contributed by atoms with E-state index in [1.54, 1.807) is 30.3 Å². The SMILES string of the molecule is Nc1ccc(C(=O)Cc2ccccc2Cl)cc1. The van der Waals surface area contributed by atoms with E-state index in [1.165, 1.54) is 0 Å². The van der Waals surface area contributed by atoms with E-state index >= 15 is 0 Å². The van der Waals surface area contributed by atoms with Crippen LogP contribution in [0.15, 0.2) is 48.5 Å². The first-order chi connectivity index (χ1) is 8.16. The standard InChI is InChI=1S/C14H12ClNO/c15-13-4-2-1-3-11(13)9-14(17)10-5-7-12(16)8-6-10/h1-8H,9,16H2. The van der Waals surface area contributed by atoms with Gasteiger partial charge in [0.05, 0.1) is 0 Å². The second-order valence-electron chi connectivity index (χ2n) is 3.81. The van der Waals surface area contributed by atoms with Crippen LogP contribution in [0.2, 0.25) is 5.02 Å². The van der Waals surface area contributed by atoms with Gasteiger partial charge in [-0.3, -0.25) is 4.79 Å². The van der Waals surface area contributed by atoms with Gasteiger partial charge in [0.15, 0.2) is 5.78 Å². The molecule has 0 saturated carbocycles. The van der Waals surface area contributed by atoms with Crippen LogP contribution in [-0.2, 0) is 6.42 Å². The van der Waals surface area contributed by atoms with Gasteiger partial charge in [-0.05, 0) is 35.9 Å². The van der Waals surface area contributed by atoms with Gasteiger partial charge in [0.1, 0.15) is 0 Å². The fourth-order valence-corrected chi connectivity index (χ4v) is 1.79. The van der Waals surface area contributed by atoms with Gasteiger partial charge >= 0.3 is 0 Å². The molecule has 0 aliphatic carbocycles. The number of hydrogen-bond acceptors (Lipinski definition) is 2. The first-order valence-electron chi connectivity index (χ1n) is 5.29. The molecule has 2 aromatic rings. The van der Waals surface area contributed by atoms with E-state index in [1.807, 2.05) is 18.2 Å². The average molecular weight is 246 g/mol. The van der Waals surface area contributed by atoms with Crippen molar-refractivity contribution in [2.45, 2.75) is 6.42 Å². The van der Waals surface area contributed by atoms with Gasteiger partial charge < -0.3 is 5.73 Å². The minimum Gasteiger partial charge on any atom is -0.399 e. The molecule has 17 heavy (non-hydrogen) atoms.